The van der Waals surface area contributed by atoms with Crippen LogP contribution in [0.1, 0.15) is 43.3 Å². The van der Waals surface area contributed by atoms with Crippen LogP contribution >= 0.6 is 0 Å². The maximum atomic E-state index is 11.6. The van der Waals surface area contributed by atoms with Crippen LogP contribution in [0, 0.1) is 0 Å². The fourth-order valence-corrected chi connectivity index (χ4v) is 3.05. The topological polar surface area (TPSA) is 123 Å². The number of unbranched alkanes of at least 4 members (excludes halogenated alkanes) is 2. The molecule has 3 rings (SSSR count). The molecule has 168 valence electrons. The summed E-state index contributed by atoms with van der Waals surface area (Å²) in [6, 6.07) is 14.2. The predicted octanol–water partition coefficient (Wildman–Crippen LogP) is 3.41. The average Bonchev–Trinajstić information content (AvgIpc) is 3.12. The minimum atomic E-state index is -1.05. The van der Waals surface area contributed by atoms with Crippen LogP contribution in [0.15, 0.2) is 63.0 Å². The third-order valence-electron chi connectivity index (χ3n) is 4.62. The second-order valence-electron chi connectivity index (χ2n) is 7.00. The van der Waals surface area contributed by atoms with Gasteiger partial charge in [-0.3, -0.25) is 4.90 Å². The Labute approximate surface area is 184 Å². The molecule has 32 heavy (non-hydrogen) atoms. The van der Waals surface area contributed by atoms with Crippen molar-refractivity contribution < 1.29 is 19.3 Å². The standard InChI is InChI=1S/C22H25N5O5/c1-3-4-8-14-27(22(29)30)18-13-9-12-17(23-18)15-31-25-19(16-10-6-5-7-11-16)20-24-21(28)32-26(20)2/h5-7,9-13H,3-4,8,14-15H2,1-2H3,(H,29,30). The van der Waals surface area contributed by atoms with Crippen molar-refractivity contribution in [3.63, 3.8) is 0 Å². The van der Waals surface area contributed by atoms with E-state index >= 15 is 0 Å². The van der Waals surface area contributed by atoms with Gasteiger partial charge in [-0.2, -0.15) is 9.72 Å². The number of carboxylic acid groups (broad SMARTS) is 1. The molecule has 0 saturated heterocycles. The first-order valence-electron chi connectivity index (χ1n) is 10.3. The van der Waals surface area contributed by atoms with E-state index in [1.54, 1.807) is 37.4 Å². The van der Waals surface area contributed by atoms with Gasteiger partial charge in [-0.15, -0.1) is 0 Å². The summed E-state index contributed by atoms with van der Waals surface area (Å²) in [5.74, 6) is -0.186. The smallest absolute Gasteiger partial charge is 0.460 e. The van der Waals surface area contributed by atoms with E-state index in [2.05, 4.69) is 22.0 Å². The van der Waals surface area contributed by atoms with Gasteiger partial charge in [0.25, 0.3) is 0 Å². The lowest BCUT2D eigenvalue weighted by molar-refractivity contribution is 0.127. The Kier molecular flexibility index (Phi) is 7.74. The first-order valence-corrected chi connectivity index (χ1v) is 10.3. The third-order valence-corrected chi connectivity index (χ3v) is 4.62. The molecular formula is C22H25N5O5. The van der Waals surface area contributed by atoms with Crippen LogP contribution in [0.5, 0.6) is 0 Å². The second kappa shape index (κ2) is 10.9. The van der Waals surface area contributed by atoms with E-state index in [9.17, 15) is 14.7 Å². The zero-order valence-electron chi connectivity index (χ0n) is 18.0. The normalized spacial score (nSPS) is 11.4. The Balaban J connectivity index is 1.79. The van der Waals surface area contributed by atoms with Crippen molar-refractivity contribution >= 4 is 17.6 Å². The molecule has 0 aliphatic rings. The van der Waals surface area contributed by atoms with Gasteiger partial charge in [-0.1, -0.05) is 61.3 Å². The summed E-state index contributed by atoms with van der Waals surface area (Å²) in [7, 11) is 1.55. The molecule has 2 aromatic heterocycles. The first kappa shape index (κ1) is 22.7. The van der Waals surface area contributed by atoms with E-state index in [4.69, 9.17) is 9.36 Å². The van der Waals surface area contributed by atoms with Crippen LogP contribution in [0.2, 0.25) is 0 Å². The minimum Gasteiger partial charge on any atom is -0.465 e. The number of nitrogens with zero attached hydrogens (tertiary/aromatic N) is 5. The molecule has 0 aliphatic carbocycles. The maximum absolute atomic E-state index is 11.6. The molecule has 0 spiro atoms. The quantitative estimate of drug-likeness (QED) is 0.292. The molecule has 0 atom stereocenters. The molecule has 0 radical (unpaired) electrons. The Hall–Kier alpha value is -3.95. The zero-order chi connectivity index (χ0) is 22.9. The number of rotatable bonds is 10. The van der Waals surface area contributed by atoms with Gasteiger partial charge in [-0.05, 0) is 18.6 Å². The van der Waals surface area contributed by atoms with Crippen LogP contribution in [0.25, 0.3) is 0 Å². The summed E-state index contributed by atoms with van der Waals surface area (Å²) in [4.78, 5) is 38.2. The highest BCUT2D eigenvalue weighted by molar-refractivity contribution is 6.10. The number of carbonyl (C=O) groups is 1. The molecule has 10 heteroatoms. The molecule has 3 aromatic rings. The van der Waals surface area contributed by atoms with Gasteiger partial charge in [0.2, 0.25) is 0 Å². The van der Waals surface area contributed by atoms with Gasteiger partial charge in [0.1, 0.15) is 5.82 Å². The monoisotopic (exact) mass is 439 g/mol. The van der Waals surface area contributed by atoms with Gasteiger partial charge < -0.3 is 14.5 Å². The van der Waals surface area contributed by atoms with Gasteiger partial charge in [0.15, 0.2) is 18.1 Å². The molecule has 1 N–H and O–H groups in total. The number of aromatic nitrogens is 3. The van der Waals surface area contributed by atoms with E-state index in [0.29, 0.717) is 29.3 Å². The Bertz CT molecular complexity index is 1120. The lowest BCUT2D eigenvalue weighted by Crippen LogP contribution is -2.31. The highest BCUT2D eigenvalue weighted by atomic mass is 16.6. The van der Waals surface area contributed by atoms with E-state index in [0.717, 1.165) is 19.3 Å². The SMILES string of the molecule is CCCCCN(C(=O)O)c1cccc(CON=C(c2ccccc2)c2nc(=O)on2C)n1. The van der Waals surface area contributed by atoms with E-state index in [1.165, 1.54) is 9.64 Å². The molecule has 1 aromatic carbocycles. The fraction of sp³-hybridized carbons (Fsp3) is 0.318. The second-order valence-corrected chi connectivity index (χ2v) is 7.00. The van der Waals surface area contributed by atoms with Crippen LogP contribution in [-0.4, -0.2) is 38.2 Å². The number of aryl methyl sites for hydroxylation is 1. The van der Waals surface area contributed by atoms with Crippen LogP contribution in [0.3, 0.4) is 0 Å². The van der Waals surface area contributed by atoms with Crippen LogP contribution < -0.4 is 10.7 Å². The number of oxime groups is 1. The highest BCUT2D eigenvalue weighted by Gasteiger charge is 2.17. The van der Waals surface area contributed by atoms with Crippen molar-refractivity contribution in [2.75, 3.05) is 11.4 Å². The molecular weight excluding hydrogens is 414 g/mol. The van der Waals surface area contributed by atoms with Gasteiger partial charge in [0, 0.05) is 19.2 Å². The largest absolute Gasteiger partial charge is 0.465 e. The van der Waals surface area contributed by atoms with Crippen molar-refractivity contribution in [1.29, 1.82) is 0 Å². The number of pyridine rings is 1. The zero-order valence-corrected chi connectivity index (χ0v) is 18.0. The molecule has 0 bridgehead atoms. The van der Waals surface area contributed by atoms with Crippen molar-refractivity contribution in [3.8, 4) is 0 Å². The van der Waals surface area contributed by atoms with E-state index in [1.807, 2.05) is 18.2 Å². The third kappa shape index (κ3) is 5.81. The molecule has 10 nitrogen and oxygen atoms in total. The Morgan fingerprint density at radius 3 is 2.59 bits per heavy atom. The van der Waals surface area contributed by atoms with Gasteiger partial charge in [0.05, 0.1) is 5.69 Å². The summed E-state index contributed by atoms with van der Waals surface area (Å²) < 4.78 is 6.15. The maximum Gasteiger partial charge on any atom is 0.460 e. The molecule has 0 saturated carbocycles. The summed E-state index contributed by atoms with van der Waals surface area (Å²) >= 11 is 0. The van der Waals surface area contributed by atoms with Crippen molar-refractivity contribution in [2.24, 2.45) is 12.2 Å². The van der Waals surface area contributed by atoms with Crippen molar-refractivity contribution in [2.45, 2.75) is 32.8 Å². The summed E-state index contributed by atoms with van der Waals surface area (Å²) in [6.07, 6.45) is 1.64. The van der Waals surface area contributed by atoms with Gasteiger partial charge in [-0.25, -0.2) is 14.6 Å². The molecule has 0 unspecified atom stereocenters. The lowest BCUT2D eigenvalue weighted by Gasteiger charge is -2.18. The van der Waals surface area contributed by atoms with Crippen LogP contribution in [-0.2, 0) is 18.5 Å². The number of anilines is 1. The highest BCUT2D eigenvalue weighted by Crippen LogP contribution is 2.15. The molecule has 0 aliphatic heterocycles. The fourth-order valence-electron chi connectivity index (χ4n) is 3.05. The number of hydrogen-bond donors (Lipinski definition) is 1. The number of benzene rings is 1. The van der Waals surface area contributed by atoms with Crippen LogP contribution in [0.4, 0.5) is 10.6 Å². The lowest BCUT2D eigenvalue weighted by atomic mass is 10.1. The minimum absolute atomic E-state index is 0.00160. The molecule has 2 heterocycles. The number of amides is 1. The summed E-state index contributed by atoms with van der Waals surface area (Å²) in [5.41, 5.74) is 1.52. The van der Waals surface area contributed by atoms with Crippen molar-refractivity contribution in [1.82, 2.24) is 14.7 Å². The summed E-state index contributed by atoms with van der Waals surface area (Å²) in [5, 5.41) is 13.7. The van der Waals surface area contributed by atoms with E-state index in [-0.39, 0.29) is 12.4 Å². The summed E-state index contributed by atoms with van der Waals surface area (Å²) in [6.45, 7) is 2.43. The number of hydrogen-bond acceptors (Lipinski definition) is 7. The first-order chi connectivity index (χ1) is 15.5. The predicted molar refractivity (Wildman–Crippen MR) is 118 cm³/mol. The molecule has 0 fully saturated rings. The molecule has 1 amide bonds. The average molecular weight is 439 g/mol. The Morgan fingerprint density at radius 2 is 1.94 bits per heavy atom. The Morgan fingerprint density at radius 1 is 1.16 bits per heavy atom. The van der Waals surface area contributed by atoms with Crippen molar-refractivity contribution in [3.05, 3.63) is 76.2 Å². The van der Waals surface area contributed by atoms with Gasteiger partial charge >= 0.3 is 11.8 Å². The van der Waals surface area contributed by atoms with E-state index < -0.39 is 11.8 Å².